The number of rotatable bonds is 3. The van der Waals surface area contributed by atoms with Crippen LogP contribution in [0.5, 0.6) is 0 Å². The van der Waals surface area contributed by atoms with Crippen molar-refractivity contribution in [2.24, 2.45) is 0 Å². The van der Waals surface area contributed by atoms with Gasteiger partial charge in [-0.2, -0.15) is 5.26 Å². The third kappa shape index (κ3) is 3.60. The maximum Gasteiger partial charge on any atom is 0.255 e. The van der Waals surface area contributed by atoms with E-state index < -0.39 is 0 Å². The molecule has 2 aromatic rings. The Hall–Kier alpha value is -2.25. The third-order valence-electron chi connectivity index (χ3n) is 2.59. The molecule has 0 unspecified atom stereocenters. The predicted molar refractivity (Wildman–Crippen MR) is 77.0 cm³/mol. The van der Waals surface area contributed by atoms with E-state index in [1.807, 2.05) is 24.5 Å². The van der Waals surface area contributed by atoms with Crippen LogP contribution in [-0.2, 0) is 0 Å². The molecule has 0 saturated carbocycles. The lowest BCUT2D eigenvalue weighted by Crippen LogP contribution is -2.11. The fraction of sp³-hybridized carbons (Fsp3) is 0.0667. The second-order valence-electron chi connectivity index (χ2n) is 4.04. The summed E-state index contributed by atoms with van der Waals surface area (Å²) in [6, 6.07) is 14.6. The van der Waals surface area contributed by atoms with Gasteiger partial charge in [0.25, 0.3) is 5.91 Å². The van der Waals surface area contributed by atoms with Crippen LogP contribution < -0.4 is 5.32 Å². The van der Waals surface area contributed by atoms with Gasteiger partial charge in [0.1, 0.15) is 5.40 Å². The van der Waals surface area contributed by atoms with Crippen molar-refractivity contribution in [3.63, 3.8) is 0 Å². The van der Waals surface area contributed by atoms with E-state index in [0.717, 1.165) is 22.2 Å². The van der Waals surface area contributed by atoms with Crippen molar-refractivity contribution in [2.45, 2.75) is 11.8 Å². The van der Waals surface area contributed by atoms with Crippen LogP contribution in [0, 0.1) is 17.6 Å². The predicted octanol–water partition coefficient (Wildman–Crippen LogP) is 3.82. The summed E-state index contributed by atoms with van der Waals surface area (Å²) in [6.45, 7) is 1.98. The zero-order valence-electron chi connectivity index (χ0n) is 10.4. The summed E-state index contributed by atoms with van der Waals surface area (Å²) in [7, 11) is 0. The number of carbonyl (C=O) groups is 1. The number of thioether (sulfide) groups is 1. The number of nitrogens with zero attached hydrogens (tertiary/aromatic N) is 1. The lowest BCUT2D eigenvalue weighted by Gasteiger charge is -2.05. The Kier molecular flexibility index (Phi) is 4.22. The number of thiocyanates is 1. The van der Waals surface area contributed by atoms with Crippen LogP contribution in [0.4, 0.5) is 5.69 Å². The second-order valence-corrected chi connectivity index (χ2v) is 4.90. The van der Waals surface area contributed by atoms with E-state index in [9.17, 15) is 4.79 Å². The molecule has 0 heterocycles. The SMILES string of the molecule is Cc1ccc(C(=O)Nc2ccc(SC#N)cc2)cc1. The van der Waals surface area contributed by atoms with E-state index in [0.29, 0.717) is 11.3 Å². The van der Waals surface area contributed by atoms with Crippen molar-refractivity contribution in [1.82, 2.24) is 0 Å². The summed E-state index contributed by atoms with van der Waals surface area (Å²) < 4.78 is 0. The molecule has 0 radical (unpaired) electrons. The van der Waals surface area contributed by atoms with E-state index in [1.54, 1.807) is 36.4 Å². The van der Waals surface area contributed by atoms with Crippen molar-refractivity contribution in [2.75, 3.05) is 5.32 Å². The van der Waals surface area contributed by atoms with Gasteiger partial charge in [-0.3, -0.25) is 4.79 Å². The van der Waals surface area contributed by atoms with E-state index in [4.69, 9.17) is 5.26 Å². The Balaban J connectivity index is 2.06. The van der Waals surface area contributed by atoms with Crippen molar-refractivity contribution in [3.8, 4) is 5.40 Å². The Morgan fingerprint density at radius 2 is 1.74 bits per heavy atom. The molecular formula is C15H12N2OS. The Labute approximate surface area is 116 Å². The molecule has 94 valence electrons. The van der Waals surface area contributed by atoms with Crippen LogP contribution in [0.25, 0.3) is 0 Å². The van der Waals surface area contributed by atoms with Gasteiger partial charge in [0.05, 0.1) is 0 Å². The highest BCUT2D eigenvalue weighted by atomic mass is 32.2. The molecule has 0 aliphatic heterocycles. The molecule has 0 atom stereocenters. The smallest absolute Gasteiger partial charge is 0.255 e. The average molecular weight is 268 g/mol. The molecule has 2 aromatic carbocycles. The molecule has 4 heteroatoms. The van der Waals surface area contributed by atoms with Gasteiger partial charge in [0, 0.05) is 16.1 Å². The summed E-state index contributed by atoms with van der Waals surface area (Å²) in [4.78, 5) is 12.8. The average Bonchev–Trinajstić information content (AvgIpc) is 2.42. The second kappa shape index (κ2) is 6.07. The number of anilines is 1. The normalized spacial score (nSPS) is 9.68. The summed E-state index contributed by atoms with van der Waals surface area (Å²) in [5.74, 6) is -0.138. The number of hydrogen-bond acceptors (Lipinski definition) is 3. The first-order valence-corrected chi connectivity index (χ1v) is 6.55. The topological polar surface area (TPSA) is 52.9 Å². The molecule has 0 saturated heterocycles. The maximum atomic E-state index is 12.0. The zero-order valence-corrected chi connectivity index (χ0v) is 11.2. The zero-order chi connectivity index (χ0) is 13.7. The molecule has 1 amide bonds. The minimum absolute atomic E-state index is 0.138. The van der Waals surface area contributed by atoms with Crippen molar-refractivity contribution >= 4 is 23.4 Å². The molecule has 2 rings (SSSR count). The highest BCUT2D eigenvalue weighted by Crippen LogP contribution is 2.19. The van der Waals surface area contributed by atoms with Crippen LogP contribution in [0.15, 0.2) is 53.4 Å². The summed E-state index contributed by atoms with van der Waals surface area (Å²) >= 11 is 1.09. The molecule has 0 bridgehead atoms. The lowest BCUT2D eigenvalue weighted by atomic mass is 10.1. The van der Waals surface area contributed by atoms with Crippen molar-refractivity contribution < 1.29 is 4.79 Å². The van der Waals surface area contributed by atoms with E-state index in [-0.39, 0.29) is 5.91 Å². The van der Waals surface area contributed by atoms with Gasteiger partial charge in [0.15, 0.2) is 0 Å². The standard InChI is InChI=1S/C15H12N2OS/c1-11-2-4-12(5-3-11)15(18)17-13-6-8-14(9-7-13)19-10-16/h2-9H,1H3,(H,17,18). The molecule has 0 aliphatic rings. The van der Waals surface area contributed by atoms with E-state index in [2.05, 4.69) is 5.32 Å². The minimum atomic E-state index is -0.138. The van der Waals surface area contributed by atoms with Gasteiger partial charge in [-0.05, 0) is 55.1 Å². The largest absolute Gasteiger partial charge is 0.322 e. The van der Waals surface area contributed by atoms with Gasteiger partial charge in [0.2, 0.25) is 0 Å². The number of nitriles is 1. The molecule has 0 aromatic heterocycles. The number of carbonyl (C=O) groups excluding carboxylic acids is 1. The lowest BCUT2D eigenvalue weighted by molar-refractivity contribution is 0.102. The molecule has 3 nitrogen and oxygen atoms in total. The van der Waals surface area contributed by atoms with Gasteiger partial charge in [-0.15, -0.1) is 0 Å². The van der Waals surface area contributed by atoms with Gasteiger partial charge >= 0.3 is 0 Å². The van der Waals surface area contributed by atoms with Crippen LogP contribution in [0.2, 0.25) is 0 Å². The van der Waals surface area contributed by atoms with Gasteiger partial charge < -0.3 is 5.32 Å². The summed E-state index contributed by atoms with van der Waals surface area (Å²) in [5, 5.41) is 13.4. The highest BCUT2D eigenvalue weighted by Gasteiger charge is 2.05. The van der Waals surface area contributed by atoms with E-state index in [1.165, 1.54) is 0 Å². The number of aryl methyl sites for hydroxylation is 1. The summed E-state index contributed by atoms with van der Waals surface area (Å²) in [6.07, 6.45) is 0. The van der Waals surface area contributed by atoms with Crippen molar-refractivity contribution in [3.05, 3.63) is 59.7 Å². The third-order valence-corrected chi connectivity index (χ3v) is 3.19. The highest BCUT2D eigenvalue weighted by molar-refractivity contribution is 8.03. The van der Waals surface area contributed by atoms with Crippen LogP contribution in [-0.4, -0.2) is 5.91 Å². The number of nitrogens with one attached hydrogen (secondary N) is 1. The molecular weight excluding hydrogens is 256 g/mol. The maximum absolute atomic E-state index is 12.0. The quantitative estimate of drug-likeness (QED) is 0.680. The Bertz CT molecular complexity index is 612. The van der Waals surface area contributed by atoms with Crippen LogP contribution >= 0.6 is 11.8 Å². The van der Waals surface area contributed by atoms with Crippen LogP contribution in [0.3, 0.4) is 0 Å². The molecule has 19 heavy (non-hydrogen) atoms. The molecule has 1 N–H and O–H groups in total. The molecule has 0 spiro atoms. The minimum Gasteiger partial charge on any atom is -0.322 e. The first-order chi connectivity index (χ1) is 9.19. The van der Waals surface area contributed by atoms with Gasteiger partial charge in [-0.25, -0.2) is 0 Å². The fourth-order valence-electron chi connectivity index (χ4n) is 1.57. The first-order valence-electron chi connectivity index (χ1n) is 5.73. The fourth-order valence-corrected chi connectivity index (χ4v) is 1.94. The Morgan fingerprint density at radius 3 is 2.32 bits per heavy atom. The van der Waals surface area contributed by atoms with Crippen molar-refractivity contribution in [1.29, 1.82) is 5.26 Å². The summed E-state index contributed by atoms with van der Waals surface area (Å²) in [5.41, 5.74) is 2.46. The Morgan fingerprint density at radius 1 is 1.11 bits per heavy atom. The number of hydrogen-bond donors (Lipinski definition) is 1. The van der Waals surface area contributed by atoms with Gasteiger partial charge in [-0.1, -0.05) is 17.7 Å². The van der Waals surface area contributed by atoms with Crippen LogP contribution in [0.1, 0.15) is 15.9 Å². The number of amides is 1. The molecule has 0 fully saturated rings. The molecule has 0 aliphatic carbocycles. The van der Waals surface area contributed by atoms with E-state index >= 15 is 0 Å². The monoisotopic (exact) mass is 268 g/mol. The first kappa shape index (κ1) is 13.2. The number of benzene rings is 2.